The first-order chi connectivity index (χ1) is 5.76. The van der Waals surface area contributed by atoms with Gasteiger partial charge in [-0.05, 0) is 42.6 Å². The first kappa shape index (κ1) is 9.20. The zero-order chi connectivity index (χ0) is 8.97. The molecule has 1 nitrogen and oxygen atoms in total. The Morgan fingerprint density at radius 1 is 1.25 bits per heavy atom. The van der Waals surface area contributed by atoms with E-state index in [9.17, 15) is 4.39 Å². The van der Waals surface area contributed by atoms with E-state index in [-0.39, 0.29) is 5.82 Å². The van der Waals surface area contributed by atoms with Crippen LogP contribution in [0.1, 0.15) is 18.1 Å². The molecule has 1 aromatic carbocycles. The first-order valence-electron chi connectivity index (χ1n) is 4.24. The van der Waals surface area contributed by atoms with Gasteiger partial charge >= 0.3 is 0 Å². The van der Waals surface area contributed by atoms with Crippen LogP contribution >= 0.6 is 0 Å². The normalized spacial score (nSPS) is 10.2. The lowest BCUT2D eigenvalue weighted by molar-refractivity contribution is 0.623. The summed E-state index contributed by atoms with van der Waals surface area (Å²) in [6.07, 6.45) is 1.63. The summed E-state index contributed by atoms with van der Waals surface area (Å²) >= 11 is 0. The van der Waals surface area contributed by atoms with Crippen molar-refractivity contribution in [1.29, 1.82) is 0 Å². The quantitative estimate of drug-likeness (QED) is 0.731. The van der Waals surface area contributed by atoms with Gasteiger partial charge in [-0.15, -0.1) is 0 Å². The molecule has 1 aromatic rings. The Labute approximate surface area is 72.4 Å². The maximum Gasteiger partial charge on any atom is 0.123 e. The minimum absolute atomic E-state index is 0.155. The van der Waals surface area contributed by atoms with Gasteiger partial charge in [-0.25, -0.2) is 4.39 Å². The van der Waals surface area contributed by atoms with Crippen LogP contribution in [0.5, 0.6) is 0 Å². The molecule has 1 rings (SSSR count). The zero-order valence-electron chi connectivity index (χ0n) is 7.31. The molecule has 0 unspecified atom stereocenters. The minimum atomic E-state index is -0.155. The van der Waals surface area contributed by atoms with Gasteiger partial charge in [-0.3, -0.25) is 0 Å². The topological polar surface area (TPSA) is 26.0 Å². The zero-order valence-corrected chi connectivity index (χ0v) is 7.31. The average Bonchev–Trinajstić information content (AvgIpc) is 2.04. The Bertz CT molecular complexity index is 258. The van der Waals surface area contributed by atoms with Crippen LogP contribution in [0.25, 0.3) is 0 Å². The molecule has 0 spiro atoms. The average molecular weight is 167 g/mol. The molecule has 0 aliphatic rings. The molecule has 0 amide bonds. The van der Waals surface area contributed by atoms with E-state index in [2.05, 4.69) is 0 Å². The third kappa shape index (κ3) is 2.31. The van der Waals surface area contributed by atoms with Crippen molar-refractivity contribution in [3.05, 3.63) is 35.1 Å². The molecule has 0 aromatic heterocycles. The molecule has 0 aliphatic carbocycles. The summed E-state index contributed by atoms with van der Waals surface area (Å²) in [5.41, 5.74) is 7.41. The maximum absolute atomic E-state index is 12.9. The van der Waals surface area contributed by atoms with E-state index in [0.29, 0.717) is 6.54 Å². The van der Waals surface area contributed by atoms with E-state index in [1.165, 1.54) is 0 Å². The summed E-state index contributed by atoms with van der Waals surface area (Å²) in [7, 11) is 0. The summed E-state index contributed by atoms with van der Waals surface area (Å²) in [6.45, 7) is 2.59. The Hall–Kier alpha value is -0.890. The number of hydrogen-bond acceptors (Lipinski definition) is 1. The molecule has 0 atom stereocenters. The fourth-order valence-corrected chi connectivity index (χ4v) is 1.23. The van der Waals surface area contributed by atoms with Gasteiger partial charge in [0.1, 0.15) is 5.82 Å². The van der Waals surface area contributed by atoms with Crippen molar-refractivity contribution >= 4 is 0 Å². The highest BCUT2D eigenvalue weighted by Crippen LogP contribution is 2.09. The van der Waals surface area contributed by atoms with Crippen LogP contribution in [-0.2, 0) is 12.8 Å². The van der Waals surface area contributed by atoms with Gasteiger partial charge in [0.2, 0.25) is 0 Å². The molecule has 0 heterocycles. The molecule has 0 saturated heterocycles. The summed E-state index contributed by atoms with van der Waals surface area (Å²) < 4.78 is 12.9. The molecule has 0 radical (unpaired) electrons. The van der Waals surface area contributed by atoms with Gasteiger partial charge in [0.05, 0.1) is 0 Å². The fourth-order valence-electron chi connectivity index (χ4n) is 1.23. The van der Waals surface area contributed by atoms with Crippen LogP contribution in [0.3, 0.4) is 0 Å². The summed E-state index contributed by atoms with van der Waals surface area (Å²) in [5, 5.41) is 0. The van der Waals surface area contributed by atoms with Gasteiger partial charge in [0.25, 0.3) is 0 Å². The van der Waals surface area contributed by atoms with Crippen molar-refractivity contribution in [2.24, 2.45) is 5.73 Å². The van der Waals surface area contributed by atoms with Crippen LogP contribution < -0.4 is 5.73 Å². The highest BCUT2D eigenvalue weighted by Gasteiger charge is 1.98. The standard InChI is InChI=1S/C10H14FN/c1-2-8-5-9(3-4-12)7-10(11)6-8/h5-7H,2-4,12H2,1H3. The molecular formula is C10H14FN. The maximum atomic E-state index is 12.9. The monoisotopic (exact) mass is 167 g/mol. The van der Waals surface area contributed by atoms with Crippen LogP contribution in [-0.4, -0.2) is 6.54 Å². The van der Waals surface area contributed by atoms with Crippen molar-refractivity contribution < 1.29 is 4.39 Å². The molecule has 66 valence electrons. The van der Waals surface area contributed by atoms with E-state index in [1.807, 2.05) is 13.0 Å². The molecular weight excluding hydrogens is 153 g/mol. The smallest absolute Gasteiger partial charge is 0.123 e. The van der Waals surface area contributed by atoms with Gasteiger partial charge in [0.15, 0.2) is 0 Å². The van der Waals surface area contributed by atoms with Crippen molar-refractivity contribution in [2.45, 2.75) is 19.8 Å². The Kier molecular flexibility index (Phi) is 3.23. The number of rotatable bonds is 3. The molecule has 2 N–H and O–H groups in total. The fraction of sp³-hybridized carbons (Fsp3) is 0.400. The summed E-state index contributed by atoms with van der Waals surface area (Å²) in [6, 6.07) is 5.13. The molecule has 0 saturated carbocycles. The van der Waals surface area contributed by atoms with Crippen LogP contribution in [0.4, 0.5) is 4.39 Å². The molecule has 2 heteroatoms. The predicted octanol–water partition coefficient (Wildman–Crippen LogP) is 1.89. The van der Waals surface area contributed by atoms with E-state index < -0.39 is 0 Å². The second kappa shape index (κ2) is 4.21. The Morgan fingerprint density at radius 3 is 2.50 bits per heavy atom. The van der Waals surface area contributed by atoms with E-state index in [1.54, 1.807) is 12.1 Å². The Morgan fingerprint density at radius 2 is 1.92 bits per heavy atom. The van der Waals surface area contributed by atoms with Gasteiger partial charge in [0, 0.05) is 0 Å². The number of hydrogen-bond donors (Lipinski definition) is 1. The highest BCUT2D eigenvalue weighted by molar-refractivity contribution is 5.24. The second-order valence-electron chi connectivity index (χ2n) is 2.86. The molecule has 0 aliphatic heterocycles. The van der Waals surface area contributed by atoms with Crippen molar-refractivity contribution in [1.82, 2.24) is 0 Å². The molecule has 0 bridgehead atoms. The van der Waals surface area contributed by atoms with Gasteiger partial charge in [-0.2, -0.15) is 0 Å². The number of aryl methyl sites for hydroxylation is 1. The van der Waals surface area contributed by atoms with Crippen molar-refractivity contribution in [3.8, 4) is 0 Å². The van der Waals surface area contributed by atoms with Crippen LogP contribution in [0.2, 0.25) is 0 Å². The Balaban J connectivity index is 2.90. The molecule has 12 heavy (non-hydrogen) atoms. The summed E-state index contributed by atoms with van der Waals surface area (Å²) in [4.78, 5) is 0. The number of nitrogens with two attached hydrogens (primary N) is 1. The van der Waals surface area contributed by atoms with Gasteiger partial charge in [-0.1, -0.05) is 13.0 Å². The predicted molar refractivity (Wildman–Crippen MR) is 48.5 cm³/mol. The van der Waals surface area contributed by atoms with E-state index in [4.69, 9.17) is 5.73 Å². The van der Waals surface area contributed by atoms with Gasteiger partial charge < -0.3 is 5.73 Å². The lowest BCUT2D eigenvalue weighted by Gasteiger charge is -2.02. The number of halogens is 1. The third-order valence-corrected chi connectivity index (χ3v) is 1.86. The van der Waals surface area contributed by atoms with Crippen molar-refractivity contribution in [2.75, 3.05) is 6.54 Å². The van der Waals surface area contributed by atoms with E-state index in [0.717, 1.165) is 24.0 Å². The summed E-state index contributed by atoms with van der Waals surface area (Å²) in [5.74, 6) is -0.155. The first-order valence-corrected chi connectivity index (χ1v) is 4.24. The van der Waals surface area contributed by atoms with Crippen LogP contribution in [0, 0.1) is 5.82 Å². The van der Waals surface area contributed by atoms with Crippen LogP contribution in [0.15, 0.2) is 18.2 Å². The minimum Gasteiger partial charge on any atom is -0.330 e. The SMILES string of the molecule is CCc1cc(F)cc(CCN)c1. The highest BCUT2D eigenvalue weighted by atomic mass is 19.1. The third-order valence-electron chi connectivity index (χ3n) is 1.86. The lowest BCUT2D eigenvalue weighted by atomic mass is 10.1. The van der Waals surface area contributed by atoms with E-state index >= 15 is 0 Å². The molecule has 0 fully saturated rings. The van der Waals surface area contributed by atoms with Crippen molar-refractivity contribution in [3.63, 3.8) is 0 Å². The number of benzene rings is 1. The largest absolute Gasteiger partial charge is 0.330 e. The lowest BCUT2D eigenvalue weighted by Crippen LogP contribution is -2.03. The second-order valence-corrected chi connectivity index (χ2v) is 2.86.